The molecule has 3 aromatic rings. The summed E-state index contributed by atoms with van der Waals surface area (Å²) in [5.74, 6) is -0.0865. The molecule has 4 rings (SSSR count). The minimum atomic E-state index is -0.0865. The number of carbonyl (C=O) groups is 1. The van der Waals surface area contributed by atoms with Crippen molar-refractivity contribution >= 4 is 40.5 Å². The molecule has 0 radical (unpaired) electrons. The monoisotopic (exact) mass is 349 g/mol. The molecule has 124 valence electrons. The summed E-state index contributed by atoms with van der Waals surface area (Å²) in [7, 11) is 0. The van der Waals surface area contributed by atoms with Crippen LogP contribution in [0.3, 0.4) is 0 Å². The average molecular weight is 350 g/mol. The highest BCUT2D eigenvalue weighted by molar-refractivity contribution is 6.35. The van der Waals surface area contributed by atoms with Crippen molar-refractivity contribution in [3.63, 3.8) is 0 Å². The molecule has 4 nitrogen and oxygen atoms in total. The third-order valence-corrected chi connectivity index (χ3v) is 4.35. The number of hydrogen-bond acceptors (Lipinski definition) is 2. The maximum Gasteiger partial charge on any atom is 0.256 e. The summed E-state index contributed by atoms with van der Waals surface area (Å²) in [5.41, 5.74) is 5.34. The molecular formula is C20H16ClN3O. The molecule has 0 saturated carbocycles. The molecule has 25 heavy (non-hydrogen) atoms. The topological polar surface area (TPSA) is 56.9 Å². The van der Waals surface area contributed by atoms with Crippen molar-refractivity contribution in [1.29, 1.82) is 0 Å². The summed E-state index contributed by atoms with van der Waals surface area (Å²) in [6.45, 7) is 0.663. The smallest absolute Gasteiger partial charge is 0.256 e. The Morgan fingerprint density at radius 1 is 1.08 bits per heavy atom. The number of H-pyrrole nitrogens is 1. The van der Waals surface area contributed by atoms with Crippen LogP contribution in [0.2, 0.25) is 5.02 Å². The molecule has 0 unspecified atom stereocenters. The molecule has 1 aromatic heterocycles. The van der Waals surface area contributed by atoms with Crippen LogP contribution in [0.1, 0.15) is 16.8 Å². The van der Waals surface area contributed by atoms with Crippen LogP contribution in [0.15, 0.2) is 60.8 Å². The van der Waals surface area contributed by atoms with Crippen LogP contribution in [0, 0.1) is 0 Å². The molecule has 1 amide bonds. The zero-order chi connectivity index (χ0) is 17.2. The molecule has 2 heterocycles. The molecule has 1 aliphatic rings. The molecular weight excluding hydrogens is 334 g/mol. The van der Waals surface area contributed by atoms with Crippen LogP contribution in [0.25, 0.3) is 11.6 Å². The Morgan fingerprint density at radius 3 is 2.80 bits per heavy atom. The zero-order valence-electron chi connectivity index (χ0n) is 13.3. The lowest BCUT2D eigenvalue weighted by Gasteiger charge is -2.09. The van der Waals surface area contributed by atoms with Crippen molar-refractivity contribution in [1.82, 2.24) is 4.98 Å². The maximum absolute atomic E-state index is 12.3. The van der Waals surface area contributed by atoms with Crippen LogP contribution < -0.4 is 10.6 Å². The Bertz CT molecular complexity index is 961. The van der Waals surface area contributed by atoms with E-state index in [0.29, 0.717) is 12.1 Å². The van der Waals surface area contributed by atoms with E-state index in [2.05, 4.69) is 15.6 Å². The van der Waals surface area contributed by atoms with Gasteiger partial charge in [-0.25, -0.2) is 0 Å². The van der Waals surface area contributed by atoms with E-state index >= 15 is 0 Å². The SMILES string of the molecule is O=C1Nc2ccc(NCc3cccc(Cl)c3)cc2C1=Cc1ccc[nH]1. The fraction of sp³-hybridized carbons (Fsp3) is 0.0500. The normalized spacial score (nSPS) is 14.4. The van der Waals surface area contributed by atoms with Crippen molar-refractivity contribution < 1.29 is 4.79 Å². The van der Waals surface area contributed by atoms with Crippen LogP contribution >= 0.6 is 11.6 Å². The second kappa shape index (κ2) is 6.49. The summed E-state index contributed by atoms with van der Waals surface area (Å²) in [6, 6.07) is 17.5. The highest BCUT2D eigenvalue weighted by Gasteiger charge is 2.24. The lowest BCUT2D eigenvalue weighted by atomic mass is 10.1. The highest BCUT2D eigenvalue weighted by atomic mass is 35.5. The third kappa shape index (κ3) is 3.30. The lowest BCUT2D eigenvalue weighted by molar-refractivity contribution is -0.110. The molecule has 5 heteroatoms. The number of fused-ring (bicyclic) bond motifs is 1. The molecule has 0 saturated heterocycles. The largest absolute Gasteiger partial charge is 0.381 e. The van der Waals surface area contributed by atoms with E-state index in [-0.39, 0.29) is 5.91 Å². The van der Waals surface area contributed by atoms with Gasteiger partial charge in [-0.15, -0.1) is 0 Å². The van der Waals surface area contributed by atoms with Crippen LogP contribution in [-0.4, -0.2) is 10.9 Å². The van der Waals surface area contributed by atoms with E-state index in [9.17, 15) is 4.79 Å². The summed E-state index contributed by atoms with van der Waals surface area (Å²) in [5, 5.41) is 7.00. The van der Waals surface area contributed by atoms with Gasteiger partial charge in [0, 0.05) is 40.4 Å². The van der Waals surface area contributed by atoms with Gasteiger partial charge in [0.15, 0.2) is 0 Å². The van der Waals surface area contributed by atoms with Crippen molar-refractivity contribution in [3.05, 3.63) is 82.6 Å². The molecule has 2 aromatic carbocycles. The first-order valence-electron chi connectivity index (χ1n) is 7.98. The van der Waals surface area contributed by atoms with E-state index in [1.165, 1.54) is 0 Å². The van der Waals surface area contributed by atoms with Gasteiger partial charge in [-0.3, -0.25) is 4.79 Å². The zero-order valence-corrected chi connectivity index (χ0v) is 14.1. The first-order chi connectivity index (χ1) is 12.2. The molecule has 0 atom stereocenters. The van der Waals surface area contributed by atoms with Crippen molar-refractivity contribution in [3.8, 4) is 0 Å². The lowest BCUT2D eigenvalue weighted by Crippen LogP contribution is -2.03. The van der Waals surface area contributed by atoms with E-state index in [1.807, 2.05) is 66.9 Å². The number of carbonyl (C=O) groups excluding carboxylic acids is 1. The van der Waals surface area contributed by atoms with Gasteiger partial charge in [0.25, 0.3) is 5.91 Å². The predicted octanol–water partition coefficient (Wildman–Crippen LogP) is 4.77. The van der Waals surface area contributed by atoms with E-state index in [4.69, 9.17) is 11.6 Å². The van der Waals surface area contributed by atoms with E-state index in [1.54, 1.807) is 0 Å². The molecule has 3 N–H and O–H groups in total. The number of hydrogen-bond donors (Lipinski definition) is 3. The summed E-state index contributed by atoms with van der Waals surface area (Å²) < 4.78 is 0. The van der Waals surface area contributed by atoms with Gasteiger partial charge in [0.2, 0.25) is 0 Å². The van der Waals surface area contributed by atoms with Crippen molar-refractivity contribution in [2.45, 2.75) is 6.54 Å². The first kappa shape index (κ1) is 15.5. The Morgan fingerprint density at radius 2 is 2.00 bits per heavy atom. The number of amides is 1. The second-order valence-electron chi connectivity index (χ2n) is 5.88. The molecule has 0 bridgehead atoms. The number of halogens is 1. The summed E-state index contributed by atoms with van der Waals surface area (Å²) >= 11 is 6.02. The Kier molecular flexibility index (Phi) is 4.04. The van der Waals surface area contributed by atoms with Gasteiger partial charge in [-0.2, -0.15) is 0 Å². The minimum absolute atomic E-state index is 0.0865. The second-order valence-corrected chi connectivity index (χ2v) is 6.32. The van der Waals surface area contributed by atoms with E-state index < -0.39 is 0 Å². The highest BCUT2D eigenvalue weighted by Crippen LogP contribution is 2.35. The Balaban J connectivity index is 1.59. The Hall–Kier alpha value is -2.98. The van der Waals surface area contributed by atoms with Gasteiger partial charge in [0.1, 0.15) is 0 Å². The number of nitrogens with one attached hydrogen (secondary N) is 3. The average Bonchev–Trinajstić information content (AvgIpc) is 3.22. The molecule has 0 fully saturated rings. The third-order valence-electron chi connectivity index (χ3n) is 4.11. The maximum atomic E-state index is 12.3. The number of aromatic amines is 1. The summed E-state index contributed by atoms with van der Waals surface area (Å²) in [6.07, 6.45) is 3.70. The minimum Gasteiger partial charge on any atom is -0.381 e. The van der Waals surface area contributed by atoms with Crippen molar-refractivity contribution in [2.24, 2.45) is 0 Å². The number of aromatic nitrogens is 1. The standard InChI is InChI=1S/C20H16ClN3O/c21-14-4-1-3-13(9-14)12-23-16-6-7-19-17(10-16)18(20(25)24-19)11-15-5-2-8-22-15/h1-11,22-23H,12H2,(H,24,25). The first-order valence-corrected chi connectivity index (χ1v) is 8.36. The van der Waals surface area contributed by atoms with Gasteiger partial charge < -0.3 is 15.6 Å². The molecule has 0 spiro atoms. The number of rotatable bonds is 4. The predicted molar refractivity (Wildman–Crippen MR) is 103 cm³/mol. The van der Waals surface area contributed by atoms with Crippen LogP contribution in [0.4, 0.5) is 11.4 Å². The number of anilines is 2. The van der Waals surface area contributed by atoms with Gasteiger partial charge in [-0.1, -0.05) is 23.7 Å². The van der Waals surface area contributed by atoms with Crippen LogP contribution in [-0.2, 0) is 11.3 Å². The fourth-order valence-corrected chi connectivity index (χ4v) is 3.09. The summed E-state index contributed by atoms with van der Waals surface area (Å²) in [4.78, 5) is 15.4. The van der Waals surface area contributed by atoms with Gasteiger partial charge in [-0.05, 0) is 54.1 Å². The Labute approximate surface area is 150 Å². The van der Waals surface area contributed by atoms with Crippen molar-refractivity contribution in [2.75, 3.05) is 10.6 Å². The van der Waals surface area contributed by atoms with E-state index in [0.717, 1.165) is 33.2 Å². The van der Waals surface area contributed by atoms with Crippen LogP contribution in [0.5, 0.6) is 0 Å². The van der Waals surface area contributed by atoms with Gasteiger partial charge in [0.05, 0.1) is 5.57 Å². The quantitative estimate of drug-likeness (QED) is 0.594. The molecule has 1 aliphatic heterocycles. The fourth-order valence-electron chi connectivity index (χ4n) is 2.88. The molecule has 0 aliphatic carbocycles. The number of benzene rings is 2. The van der Waals surface area contributed by atoms with Gasteiger partial charge >= 0.3 is 0 Å².